The summed E-state index contributed by atoms with van der Waals surface area (Å²) in [6.45, 7) is 4.19. The van der Waals surface area contributed by atoms with E-state index in [0.29, 0.717) is 18.1 Å². The predicted octanol–water partition coefficient (Wildman–Crippen LogP) is 3.26. The van der Waals surface area contributed by atoms with Crippen molar-refractivity contribution in [1.82, 2.24) is 0 Å². The lowest BCUT2D eigenvalue weighted by atomic mass is 9.73. The van der Waals surface area contributed by atoms with Crippen LogP contribution in [-0.4, -0.2) is 18.5 Å². The number of hydrogen-bond acceptors (Lipinski definition) is 2. The molecule has 0 saturated heterocycles. The van der Waals surface area contributed by atoms with Crippen LogP contribution >= 0.6 is 0 Å². The lowest BCUT2D eigenvalue weighted by Crippen LogP contribution is -2.38. The first-order valence-corrected chi connectivity index (χ1v) is 6.36. The number of hydrogen-bond donors (Lipinski definition) is 0. The summed E-state index contributed by atoms with van der Waals surface area (Å²) in [5, 5.41) is 0. The molecule has 0 unspecified atom stereocenters. The van der Waals surface area contributed by atoms with Crippen LogP contribution in [0.25, 0.3) is 0 Å². The lowest BCUT2D eigenvalue weighted by Gasteiger charge is -2.39. The van der Waals surface area contributed by atoms with Gasteiger partial charge >= 0.3 is 0 Å². The molecular weight excluding hydrogens is 200 g/mol. The second kappa shape index (κ2) is 4.33. The maximum Gasteiger partial charge on any atom is 0.158 e. The highest BCUT2D eigenvalue weighted by Crippen LogP contribution is 2.44. The highest BCUT2D eigenvalue weighted by Gasteiger charge is 2.41. The largest absolute Gasteiger partial charge is 0.378 e. The number of ketones is 1. The zero-order valence-corrected chi connectivity index (χ0v) is 10.6. The number of Topliss-reactive ketones (excluding diaryl/α,β-unsaturated/α-hetero) is 1. The average molecular weight is 222 g/mol. The minimum atomic E-state index is -0.122. The number of methoxy groups -OCH3 is 1. The Labute approximate surface area is 98.1 Å². The van der Waals surface area contributed by atoms with Crippen molar-refractivity contribution in [3.05, 3.63) is 11.1 Å². The van der Waals surface area contributed by atoms with Gasteiger partial charge in [0.1, 0.15) is 0 Å². The van der Waals surface area contributed by atoms with E-state index in [1.54, 1.807) is 7.11 Å². The van der Waals surface area contributed by atoms with Crippen molar-refractivity contribution in [3.63, 3.8) is 0 Å². The van der Waals surface area contributed by atoms with Crippen molar-refractivity contribution in [3.8, 4) is 0 Å². The zero-order valence-electron chi connectivity index (χ0n) is 10.6. The summed E-state index contributed by atoms with van der Waals surface area (Å²) in [4.78, 5) is 12.0. The number of ether oxygens (including phenoxy) is 1. The lowest BCUT2D eigenvalue weighted by molar-refractivity contribution is -0.116. The molecule has 0 spiro atoms. The monoisotopic (exact) mass is 222 g/mol. The van der Waals surface area contributed by atoms with Gasteiger partial charge in [-0.15, -0.1) is 0 Å². The Morgan fingerprint density at radius 1 is 1.31 bits per heavy atom. The van der Waals surface area contributed by atoms with Crippen molar-refractivity contribution in [1.29, 1.82) is 0 Å². The third-order valence-corrected chi connectivity index (χ3v) is 4.56. The van der Waals surface area contributed by atoms with E-state index in [-0.39, 0.29) is 5.60 Å². The Kier molecular flexibility index (Phi) is 3.20. The summed E-state index contributed by atoms with van der Waals surface area (Å²) in [6, 6.07) is 0. The molecule has 0 aromatic carbocycles. The molecule has 2 heteroatoms. The minimum absolute atomic E-state index is 0.122. The molecule has 0 aliphatic heterocycles. The van der Waals surface area contributed by atoms with E-state index in [0.717, 1.165) is 18.4 Å². The summed E-state index contributed by atoms with van der Waals surface area (Å²) < 4.78 is 5.74. The molecule has 0 heterocycles. The molecule has 1 saturated carbocycles. The highest BCUT2D eigenvalue weighted by molar-refractivity contribution is 5.96. The van der Waals surface area contributed by atoms with Gasteiger partial charge in [-0.2, -0.15) is 0 Å². The van der Waals surface area contributed by atoms with Gasteiger partial charge in [0.25, 0.3) is 0 Å². The number of fused-ring (bicyclic) bond motifs is 1. The minimum Gasteiger partial charge on any atom is -0.378 e. The van der Waals surface area contributed by atoms with Crippen molar-refractivity contribution in [2.75, 3.05) is 7.11 Å². The van der Waals surface area contributed by atoms with Gasteiger partial charge in [-0.25, -0.2) is 0 Å². The van der Waals surface area contributed by atoms with Crippen molar-refractivity contribution < 1.29 is 9.53 Å². The molecule has 0 bridgehead atoms. The molecule has 2 rings (SSSR count). The second-order valence-electron chi connectivity index (χ2n) is 5.39. The first-order chi connectivity index (χ1) is 7.58. The molecule has 0 amide bonds. The van der Waals surface area contributed by atoms with Gasteiger partial charge in [0.2, 0.25) is 0 Å². The Morgan fingerprint density at radius 3 is 2.75 bits per heavy atom. The van der Waals surface area contributed by atoms with E-state index in [4.69, 9.17) is 4.74 Å². The van der Waals surface area contributed by atoms with Gasteiger partial charge in [-0.1, -0.05) is 12.0 Å². The van der Waals surface area contributed by atoms with Gasteiger partial charge in [-0.3, -0.25) is 4.79 Å². The van der Waals surface area contributed by atoms with Crippen LogP contribution < -0.4 is 0 Å². The van der Waals surface area contributed by atoms with Crippen LogP contribution in [0.15, 0.2) is 11.1 Å². The van der Waals surface area contributed by atoms with Gasteiger partial charge < -0.3 is 4.74 Å². The van der Waals surface area contributed by atoms with Crippen molar-refractivity contribution in [2.45, 2.75) is 58.0 Å². The molecular formula is C14H22O2. The normalized spacial score (nSPS) is 35.9. The van der Waals surface area contributed by atoms with Crippen LogP contribution in [0.4, 0.5) is 0 Å². The predicted molar refractivity (Wildman–Crippen MR) is 64.3 cm³/mol. The molecule has 16 heavy (non-hydrogen) atoms. The SMILES string of the molecule is CO[C@]1(C)CCC(=O)C(C)=C2CCCC[C@H]21. The van der Waals surface area contributed by atoms with Crippen LogP contribution in [0.2, 0.25) is 0 Å². The standard InChI is InChI=1S/C14H22O2/c1-10-11-6-4-5-7-12(11)14(2,16-3)9-8-13(10)15/h12H,4-9H2,1-3H3/t12-,14-/m1/s1. The van der Waals surface area contributed by atoms with Crippen LogP contribution in [0.5, 0.6) is 0 Å². The summed E-state index contributed by atoms with van der Waals surface area (Å²) >= 11 is 0. The first kappa shape index (κ1) is 11.8. The first-order valence-electron chi connectivity index (χ1n) is 6.36. The fourth-order valence-electron chi connectivity index (χ4n) is 3.28. The molecule has 2 atom stereocenters. The number of carbonyl (C=O) groups is 1. The molecule has 0 aromatic rings. The third kappa shape index (κ3) is 1.84. The number of allylic oxidation sites excluding steroid dienone is 1. The maximum atomic E-state index is 12.0. The number of carbonyl (C=O) groups excluding carboxylic acids is 1. The highest BCUT2D eigenvalue weighted by atomic mass is 16.5. The fourth-order valence-corrected chi connectivity index (χ4v) is 3.28. The molecule has 1 fully saturated rings. The quantitative estimate of drug-likeness (QED) is 0.680. The van der Waals surface area contributed by atoms with Crippen LogP contribution in [0, 0.1) is 5.92 Å². The van der Waals surface area contributed by atoms with Gasteiger partial charge in [0.15, 0.2) is 5.78 Å². The molecule has 2 aliphatic rings. The van der Waals surface area contributed by atoms with E-state index < -0.39 is 0 Å². The average Bonchev–Trinajstić information content (AvgIpc) is 2.42. The smallest absolute Gasteiger partial charge is 0.158 e. The van der Waals surface area contributed by atoms with Crippen LogP contribution in [-0.2, 0) is 9.53 Å². The zero-order chi connectivity index (χ0) is 11.8. The number of rotatable bonds is 1. The summed E-state index contributed by atoms with van der Waals surface area (Å²) in [5.41, 5.74) is 2.30. The van der Waals surface area contributed by atoms with E-state index in [9.17, 15) is 4.79 Å². The van der Waals surface area contributed by atoms with Gasteiger partial charge in [-0.05, 0) is 45.1 Å². The Bertz CT molecular complexity index is 330. The Hall–Kier alpha value is -0.630. The molecule has 0 radical (unpaired) electrons. The van der Waals surface area contributed by atoms with E-state index >= 15 is 0 Å². The summed E-state index contributed by atoms with van der Waals surface area (Å²) in [6.07, 6.45) is 6.31. The van der Waals surface area contributed by atoms with Crippen molar-refractivity contribution >= 4 is 5.78 Å². The topological polar surface area (TPSA) is 26.3 Å². The van der Waals surface area contributed by atoms with Crippen molar-refractivity contribution in [2.24, 2.45) is 5.92 Å². The molecule has 2 nitrogen and oxygen atoms in total. The van der Waals surface area contributed by atoms with Gasteiger partial charge in [0, 0.05) is 19.4 Å². The molecule has 90 valence electrons. The second-order valence-corrected chi connectivity index (χ2v) is 5.39. The van der Waals surface area contributed by atoms with E-state index in [1.807, 2.05) is 6.92 Å². The fraction of sp³-hybridized carbons (Fsp3) is 0.786. The van der Waals surface area contributed by atoms with E-state index in [2.05, 4.69) is 6.92 Å². The molecule has 0 N–H and O–H groups in total. The third-order valence-electron chi connectivity index (χ3n) is 4.56. The maximum absolute atomic E-state index is 12.0. The molecule has 2 aliphatic carbocycles. The molecule has 0 aromatic heterocycles. The Morgan fingerprint density at radius 2 is 2.06 bits per heavy atom. The van der Waals surface area contributed by atoms with E-state index in [1.165, 1.54) is 24.8 Å². The summed E-state index contributed by atoms with van der Waals surface area (Å²) in [7, 11) is 1.79. The van der Waals surface area contributed by atoms with Crippen LogP contribution in [0.3, 0.4) is 0 Å². The van der Waals surface area contributed by atoms with Crippen LogP contribution in [0.1, 0.15) is 52.4 Å². The summed E-state index contributed by atoms with van der Waals surface area (Å²) in [5.74, 6) is 0.806. The Balaban J connectivity index is 2.41. The van der Waals surface area contributed by atoms with Gasteiger partial charge in [0.05, 0.1) is 5.60 Å².